The molecule has 0 saturated carbocycles. The van der Waals surface area contributed by atoms with Gasteiger partial charge in [-0.25, -0.2) is 0 Å². The van der Waals surface area contributed by atoms with E-state index in [0.29, 0.717) is 21.7 Å². The normalized spacial score (nSPS) is 12.9. The summed E-state index contributed by atoms with van der Waals surface area (Å²) in [7, 11) is 0. The molecular weight excluding hydrogens is 465 g/mol. The number of benzene rings is 1. The predicted molar refractivity (Wildman–Crippen MR) is 120 cm³/mol. The molecule has 2 rings (SSSR count). The first-order valence-corrected chi connectivity index (χ1v) is 10.5. The second kappa shape index (κ2) is 10.3. The number of hydrogen-bond donors (Lipinski definition) is 2. The Bertz CT molecular complexity index is 774. The van der Waals surface area contributed by atoms with Crippen LogP contribution in [0.4, 0.5) is 17.6 Å². The zero-order valence-electron chi connectivity index (χ0n) is 15.6. The van der Waals surface area contributed by atoms with E-state index >= 15 is 0 Å². The summed E-state index contributed by atoms with van der Waals surface area (Å²) in [5.74, 6) is 0.500. The SMILES string of the molecule is CCN(CC)CC(C)Nc1nc(Nc2cc(Cl)cc(Cl)c2)nc(C(Cl)(Cl)Cl)n1. The van der Waals surface area contributed by atoms with E-state index in [1.807, 2.05) is 6.92 Å². The third kappa shape index (κ3) is 7.25. The third-order valence-electron chi connectivity index (χ3n) is 3.81. The molecule has 0 aliphatic heterocycles. The van der Waals surface area contributed by atoms with Gasteiger partial charge in [0, 0.05) is 28.3 Å². The molecule has 0 saturated heterocycles. The molecule has 11 heteroatoms. The topological polar surface area (TPSA) is 66.0 Å². The molecular formula is C17H21Cl5N6. The van der Waals surface area contributed by atoms with Crippen molar-refractivity contribution >= 4 is 75.6 Å². The Morgan fingerprint density at radius 2 is 1.54 bits per heavy atom. The lowest BCUT2D eigenvalue weighted by atomic mass is 10.3. The molecule has 6 nitrogen and oxygen atoms in total. The van der Waals surface area contributed by atoms with E-state index in [2.05, 4.69) is 44.3 Å². The van der Waals surface area contributed by atoms with E-state index < -0.39 is 3.79 Å². The fraction of sp³-hybridized carbons (Fsp3) is 0.471. The van der Waals surface area contributed by atoms with Crippen LogP contribution in [0.25, 0.3) is 0 Å². The molecule has 2 aromatic rings. The van der Waals surface area contributed by atoms with Crippen molar-refractivity contribution < 1.29 is 0 Å². The van der Waals surface area contributed by atoms with Crippen molar-refractivity contribution in [1.82, 2.24) is 19.9 Å². The van der Waals surface area contributed by atoms with Crippen LogP contribution in [0.5, 0.6) is 0 Å². The Morgan fingerprint density at radius 3 is 2.07 bits per heavy atom. The predicted octanol–water partition coefficient (Wildman–Crippen LogP) is 5.89. The lowest BCUT2D eigenvalue weighted by Gasteiger charge is -2.23. The second-order valence-electron chi connectivity index (χ2n) is 6.12. The van der Waals surface area contributed by atoms with Crippen molar-refractivity contribution in [1.29, 1.82) is 0 Å². The summed E-state index contributed by atoms with van der Waals surface area (Å²) < 4.78 is -1.80. The van der Waals surface area contributed by atoms with Crippen LogP contribution in [0.2, 0.25) is 10.0 Å². The fourth-order valence-corrected chi connectivity index (χ4v) is 3.29. The van der Waals surface area contributed by atoms with Crippen LogP contribution in [-0.2, 0) is 3.79 Å². The highest BCUT2D eigenvalue weighted by Gasteiger charge is 2.28. The molecule has 1 aromatic heterocycles. The van der Waals surface area contributed by atoms with Gasteiger partial charge in [0.2, 0.25) is 15.7 Å². The van der Waals surface area contributed by atoms with Gasteiger partial charge in [0.05, 0.1) is 0 Å². The lowest BCUT2D eigenvalue weighted by Crippen LogP contribution is -2.35. The number of likely N-dealkylation sites (N-methyl/N-ethyl adjacent to an activating group) is 1. The second-order valence-corrected chi connectivity index (χ2v) is 9.27. The first-order chi connectivity index (χ1) is 13.1. The van der Waals surface area contributed by atoms with E-state index in [9.17, 15) is 0 Å². The molecule has 1 atom stereocenters. The molecule has 28 heavy (non-hydrogen) atoms. The number of aromatic nitrogens is 3. The molecule has 0 fully saturated rings. The van der Waals surface area contributed by atoms with Gasteiger partial charge in [0.25, 0.3) is 0 Å². The van der Waals surface area contributed by atoms with Gasteiger partial charge >= 0.3 is 0 Å². The van der Waals surface area contributed by atoms with Crippen LogP contribution < -0.4 is 10.6 Å². The molecule has 0 radical (unpaired) electrons. The van der Waals surface area contributed by atoms with Crippen molar-refractivity contribution in [2.45, 2.75) is 30.6 Å². The summed E-state index contributed by atoms with van der Waals surface area (Å²) in [6.07, 6.45) is 0. The van der Waals surface area contributed by atoms with Crippen LogP contribution in [-0.4, -0.2) is 45.5 Å². The smallest absolute Gasteiger partial charge is 0.250 e. The van der Waals surface area contributed by atoms with Gasteiger partial charge in [-0.2, -0.15) is 15.0 Å². The average molecular weight is 487 g/mol. The molecule has 1 heterocycles. The minimum absolute atomic E-state index is 0.000615. The van der Waals surface area contributed by atoms with Crippen LogP contribution >= 0.6 is 58.0 Å². The summed E-state index contributed by atoms with van der Waals surface area (Å²) in [5.41, 5.74) is 0.598. The van der Waals surface area contributed by atoms with E-state index in [1.54, 1.807) is 18.2 Å². The maximum absolute atomic E-state index is 6.04. The molecule has 0 spiro atoms. The van der Waals surface area contributed by atoms with Crippen LogP contribution in [0.1, 0.15) is 26.6 Å². The number of nitrogens with zero attached hydrogens (tertiary/aromatic N) is 4. The largest absolute Gasteiger partial charge is 0.350 e. The van der Waals surface area contributed by atoms with Crippen molar-refractivity contribution in [2.75, 3.05) is 30.3 Å². The minimum atomic E-state index is -1.80. The first kappa shape index (κ1) is 23.5. The summed E-state index contributed by atoms with van der Waals surface area (Å²) in [6, 6.07) is 5.06. The highest BCUT2D eigenvalue weighted by Crippen LogP contribution is 2.36. The van der Waals surface area contributed by atoms with Crippen molar-refractivity contribution in [2.24, 2.45) is 0 Å². The standard InChI is InChI=1S/C17H21Cl5N6/c1-4-28(5-2)9-10(3)23-15-25-14(17(20,21)22)26-16(27-15)24-13-7-11(18)6-12(19)8-13/h6-8,10H,4-5,9H2,1-3H3,(H2,23,24,25,26,27). The van der Waals surface area contributed by atoms with Crippen molar-refractivity contribution in [3.63, 3.8) is 0 Å². The van der Waals surface area contributed by atoms with Gasteiger partial charge < -0.3 is 15.5 Å². The number of rotatable bonds is 8. The molecule has 0 aliphatic carbocycles. The van der Waals surface area contributed by atoms with Crippen molar-refractivity contribution in [3.05, 3.63) is 34.1 Å². The highest BCUT2D eigenvalue weighted by atomic mass is 35.6. The van der Waals surface area contributed by atoms with Crippen LogP contribution in [0.15, 0.2) is 18.2 Å². The molecule has 2 N–H and O–H groups in total. The lowest BCUT2D eigenvalue weighted by molar-refractivity contribution is 0.294. The zero-order valence-corrected chi connectivity index (χ0v) is 19.4. The Hall–Kier alpha value is -0.760. The van der Waals surface area contributed by atoms with E-state index in [0.717, 1.165) is 19.6 Å². The molecule has 154 valence electrons. The quantitative estimate of drug-likeness (QED) is 0.454. The summed E-state index contributed by atoms with van der Waals surface area (Å²) >= 11 is 30.1. The van der Waals surface area contributed by atoms with Gasteiger partial charge in [0.15, 0.2) is 5.82 Å². The number of halogens is 5. The summed E-state index contributed by atoms with van der Waals surface area (Å²) in [4.78, 5) is 15.1. The minimum Gasteiger partial charge on any atom is -0.350 e. The third-order valence-corrected chi connectivity index (χ3v) is 4.75. The molecule has 1 unspecified atom stereocenters. The number of hydrogen-bond acceptors (Lipinski definition) is 6. The number of alkyl halides is 3. The Labute approximate surface area is 189 Å². The van der Waals surface area contributed by atoms with Gasteiger partial charge in [-0.1, -0.05) is 71.9 Å². The van der Waals surface area contributed by atoms with Gasteiger partial charge in [-0.15, -0.1) is 0 Å². The Balaban J connectivity index is 2.29. The van der Waals surface area contributed by atoms with Crippen LogP contribution in [0.3, 0.4) is 0 Å². The molecule has 0 amide bonds. The zero-order chi connectivity index (χ0) is 20.9. The van der Waals surface area contributed by atoms with E-state index in [1.165, 1.54) is 0 Å². The monoisotopic (exact) mass is 484 g/mol. The maximum atomic E-state index is 6.04. The van der Waals surface area contributed by atoms with Gasteiger partial charge in [-0.3, -0.25) is 0 Å². The van der Waals surface area contributed by atoms with Gasteiger partial charge in [-0.05, 0) is 38.2 Å². The summed E-state index contributed by atoms with van der Waals surface area (Å²) in [6.45, 7) is 8.95. The number of anilines is 3. The first-order valence-electron chi connectivity index (χ1n) is 8.66. The van der Waals surface area contributed by atoms with Gasteiger partial charge in [0.1, 0.15) is 0 Å². The molecule has 1 aromatic carbocycles. The van der Waals surface area contributed by atoms with Crippen molar-refractivity contribution in [3.8, 4) is 0 Å². The van der Waals surface area contributed by atoms with Crippen LogP contribution in [0, 0.1) is 0 Å². The number of nitrogens with one attached hydrogen (secondary N) is 2. The van der Waals surface area contributed by atoms with E-state index in [-0.39, 0.29) is 17.8 Å². The maximum Gasteiger partial charge on any atom is 0.250 e. The Morgan fingerprint density at radius 1 is 0.964 bits per heavy atom. The Kier molecular flexibility index (Phi) is 8.67. The average Bonchev–Trinajstić information content (AvgIpc) is 2.57. The van der Waals surface area contributed by atoms with E-state index in [4.69, 9.17) is 58.0 Å². The molecule has 0 aliphatic rings. The highest BCUT2D eigenvalue weighted by molar-refractivity contribution is 6.66. The molecule has 0 bridgehead atoms. The summed E-state index contributed by atoms with van der Waals surface area (Å²) in [5, 5.41) is 7.19. The fourth-order valence-electron chi connectivity index (χ4n) is 2.51.